The summed E-state index contributed by atoms with van der Waals surface area (Å²) in [5.41, 5.74) is 6.53. The number of benzene rings is 2. The highest BCUT2D eigenvalue weighted by Gasteiger charge is 2.17. The van der Waals surface area contributed by atoms with Crippen molar-refractivity contribution < 1.29 is 9.53 Å². The minimum Gasteiger partial charge on any atom is -0.497 e. The van der Waals surface area contributed by atoms with Crippen LogP contribution in [0.5, 0.6) is 5.75 Å². The second-order valence-corrected chi connectivity index (χ2v) is 5.34. The van der Waals surface area contributed by atoms with Crippen LogP contribution in [-0.2, 0) is 4.79 Å². The molecule has 0 bridgehead atoms. The molecule has 0 saturated carbocycles. The lowest BCUT2D eigenvalue weighted by molar-refractivity contribution is -0.122. The lowest BCUT2D eigenvalue weighted by atomic mass is 9.96. The van der Waals surface area contributed by atoms with E-state index in [9.17, 15) is 4.79 Å². The molecule has 0 aromatic heterocycles. The van der Waals surface area contributed by atoms with Crippen molar-refractivity contribution in [3.05, 3.63) is 42.0 Å². The molecule has 0 aliphatic rings. The van der Waals surface area contributed by atoms with Crippen LogP contribution in [0.3, 0.4) is 0 Å². The minimum atomic E-state index is -0.203. The predicted molar refractivity (Wildman–Crippen MR) is 92.8 cm³/mol. The van der Waals surface area contributed by atoms with Crippen molar-refractivity contribution in [1.29, 1.82) is 0 Å². The molecule has 120 valence electrons. The van der Waals surface area contributed by atoms with Crippen LogP contribution in [0.4, 0.5) is 0 Å². The number of halogens is 1. The summed E-state index contributed by atoms with van der Waals surface area (Å²) < 4.78 is 5.22. The molecule has 22 heavy (non-hydrogen) atoms. The maximum Gasteiger partial charge on any atom is 0.227 e. The van der Waals surface area contributed by atoms with Gasteiger partial charge < -0.3 is 15.8 Å². The summed E-state index contributed by atoms with van der Waals surface area (Å²) in [5.74, 6) is 0.629. The van der Waals surface area contributed by atoms with E-state index in [-0.39, 0.29) is 30.3 Å². The molecular weight excluding hydrogens is 300 g/mol. The Labute approximate surface area is 137 Å². The third kappa shape index (κ3) is 4.12. The van der Waals surface area contributed by atoms with Crippen molar-refractivity contribution >= 4 is 29.1 Å². The SMILES string of the molecule is COc1ccc2cc(C(C)C(=O)N[C@@H](C)CN)ccc2c1.Cl. The number of hydrogen-bond donors (Lipinski definition) is 2. The van der Waals surface area contributed by atoms with E-state index in [2.05, 4.69) is 5.32 Å². The highest BCUT2D eigenvalue weighted by atomic mass is 35.5. The number of hydrogen-bond acceptors (Lipinski definition) is 3. The summed E-state index contributed by atoms with van der Waals surface area (Å²) in [7, 11) is 1.65. The molecule has 0 radical (unpaired) electrons. The highest BCUT2D eigenvalue weighted by Crippen LogP contribution is 2.25. The number of amides is 1. The number of carbonyl (C=O) groups is 1. The Morgan fingerprint density at radius 2 is 1.82 bits per heavy atom. The molecule has 1 unspecified atom stereocenters. The Morgan fingerprint density at radius 1 is 1.18 bits per heavy atom. The molecule has 0 fully saturated rings. The van der Waals surface area contributed by atoms with Crippen molar-refractivity contribution in [3.63, 3.8) is 0 Å². The second kappa shape index (κ2) is 8.01. The van der Waals surface area contributed by atoms with Crippen molar-refractivity contribution in [2.45, 2.75) is 25.8 Å². The molecule has 4 nitrogen and oxygen atoms in total. The van der Waals surface area contributed by atoms with E-state index < -0.39 is 0 Å². The first-order chi connectivity index (χ1) is 10.0. The van der Waals surface area contributed by atoms with E-state index in [1.807, 2.05) is 50.2 Å². The number of rotatable bonds is 5. The number of nitrogens with one attached hydrogen (secondary N) is 1. The number of ether oxygens (including phenoxy) is 1. The van der Waals surface area contributed by atoms with Crippen LogP contribution in [0.1, 0.15) is 25.3 Å². The number of nitrogens with two attached hydrogens (primary N) is 1. The Kier molecular flexibility index (Phi) is 6.65. The summed E-state index contributed by atoms with van der Waals surface area (Å²) in [6, 6.07) is 12.0. The third-order valence-electron chi connectivity index (χ3n) is 3.71. The maximum absolute atomic E-state index is 12.2. The van der Waals surface area contributed by atoms with Crippen molar-refractivity contribution in [2.24, 2.45) is 5.73 Å². The fourth-order valence-corrected chi connectivity index (χ4v) is 2.22. The van der Waals surface area contributed by atoms with Gasteiger partial charge in [-0.05, 0) is 42.3 Å². The van der Waals surface area contributed by atoms with Gasteiger partial charge in [-0.15, -0.1) is 12.4 Å². The number of carbonyl (C=O) groups excluding carboxylic acids is 1. The van der Waals surface area contributed by atoms with Gasteiger partial charge in [0.25, 0.3) is 0 Å². The van der Waals surface area contributed by atoms with Gasteiger partial charge in [0.15, 0.2) is 0 Å². The molecule has 0 heterocycles. The first-order valence-corrected chi connectivity index (χ1v) is 7.13. The summed E-state index contributed by atoms with van der Waals surface area (Å²) in [6.07, 6.45) is 0. The zero-order valence-electron chi connectivity index (χ0n) is 13.1. The third-order valence-corrected chi connectivity index (χ3v) is 3.71. The van der Waals surface area contributed by atoms with Gasteiger partial charge in [-0.1, -0.05) is 24.3 Å². The lowest BCUT2D eigenvalue weighted by Crippen LogP contribution is -2.39. The zero-order valence-corrected chi connectivity index (χ0v) is 13.9. The first-order valence-electron chi connectivity index (χ1n) is 7.13. The molecule has 5 heteroatoms. The van der Waals surface area contributed by atoms with Gasteiger partial charge >= 0.3 is 0 Å². The fourth-order valence-electron chi connectivity index (χ4n) is 2.22. The largest absolute Gasteiger partial charge is 0.497 e. The minimum absolute atomic E-state index is 0. The van der Waals surface area contributed by atoms with Gasteiger partial charge in [0.05, 0.1) is 13.0 Å². The monoisotopic (exact) mass is 322 g/mol. The Morgan fingerprint density at radius 3 is 2.45 bits per heavy atom. The van der Waals surface area contributed by atoms with E-state index in [0.29, 0.717) is 6.54 Å². The van der Waals surface area contributed by atoms with Crippen LogP contribution in [-0.4, -0.2) is 25.6 Å². The van der Waals surface area contributed by atoms with Gasteiger partial charge in [0.2, 0.25) is 5.91 Å². The molecule has 1 amide bonds. The normalized spacial score (nSPS) is 13.1. The summed E-state index contributed by atoms with van der Waals surface area (Å²) in [5, 5.41) is 5.11. The lowest BCUT2D eigenvalue weighted by Gasteiger charge is -2.17. The molecule has 2 aromatic rings. The highest BCUT2D eigenvalue weighted by molar-refractivity contribution is 5.88. The van der Waals surface area contributed by atoms with Crippen LogP contribution in [0, 0.1) is 0 Å². The molecule has 2 aromatic carbocycles. The zero-order chi connectivity index (χ0) is 15.4. The predicted octanol–water partition coefficient (Wildman–Crippen LogP) is 2.84. The molecule has 3 N–H and O–H groups in total. The van der Waals surface area contributed by atoms with Gasteiger partial charge in [-0.2, -0.15) is 0 Å². The Balaban J connectivity index is 0.00000242. The molecule has 0 aliphatic carbocycles. The molecule has 2 rings (SSSR count). The van der Waals surface area contributed by atoms with Crippen molar-refractivity contribution in [2.75, 3.05) is 13.7 Å². The van der Waals surface area contributed by atoms with Gasteiger partial charge in [-0.25, -0.2) is 0 Å². The average Bonchev–Trinajstić information content (AvgIpc) is 2.52. The van der Waals surface area contributed by atoms with E-state index >= 15 is 0 Å². The summed E-state index contributed by atoms with van der Waals surface area (Å²) in [4.78, 5) is 12.2. The van der Waals surface area contributed by atoms with Gasteiger partial charge in [0.1, 0.15) is 5.75 Å². The van der Waals surface area contributed by atoms with Crippen LogP contribution in [0.2, 0.25) is 0 Å². The molecule has 0 aliphatic heterocycles. The van der Waals surface area contributed by atoms with E-state index in [1.54, 1.807) is 7.11 Å². The van der Waals surface area contributed by atoms with E-state index in [1.165, 1.54) is 0 Å². The van der Waals surface area contributed by atoms with Crippen LogP contribution in [0.15, 0.2) is 36.4 Å². The Bertz CT molecular complexity index is 646. The summed E-state index contributed by atoms with van der Waals surface area (Å²) >= 11 is 0. The number of methoxy groups -OCH3 is 1. The van der Waals surface area contributed by atoms with E-state index in [0.717, 1.165) is 22.1 Å². The maximum atomic E-state index is 12.2. The topological polar surface area (TPSA) is 64.3 Å². The Hall–Kier alpha value is -1.78. The average molecular weight is 323 g/mol. The quantitative estimate of drug-likeness (QED) is 0.889. The smallest absolute Gasteiger partial charge is 0.227 e. The van der Waals surface area contributed by atoms with E-state index in [4.69, 9.17) is 10.5 Å². The molecular formula is C17H23ClN2O2. The van der Waals surface area contributed by atoms with Crippen molar-refractivity contribution in [3.8, 4) is 5.75 Å². The van der Waals surface area contributed by atoms with Crippen molar-refractivity contribution in [1.82, 2.24) is 5.32 Å². The van der Waals surface area contributed by atoms with Crippen LogP contribution < -0.4 is 15.8 Å². The second-order valence-electron chi connectivity index (χ2n) is 5.34. The summed E-state index contributed by atoms with van der Waals surface area (Å²) in [6.45, 7) is 4.25. The molecule has 2 atom stereocenters. The van der Waals surface area contributed by atoms with Gasteiger partial charge in [-0.3, -0.25) is 4.79 Å². The first kappa shape index (κ1) is 18.3. The van der Waals surface area contributed by atoms with Crippen LogP contribution >= 0.6 is 12.4 Å². The fraction of sp³-hybridized carbons (Fsp3) is 0.353. The van der Waals surface area contributed by atoms with Crippen LogP contribution in [0.25, 0.3) is 10.8 Å². The van der Waals surface area contributed by atoms with Gasteiger partial charge in [0, 0.05) is 12.6 Å². The number of fused-ring (bicyclic) bond motifs is 1. The standard InChI is InChI=1S/C17H22N2O2.ClH/c1-11(10-18)19-17(20)12(2)13-4-5-15-9-16(21-3)7-6-14(15)8-13;/h4-9,11-12H,10,18H2,1-3H3,(H,19,20);1H/t11-,12?;/m0./s1. The molecule has 0 spiro atoms. The molecule has 0 saturated heterocycles.